The molecule has 0 N–H and O–H groups in total. The molecule has 206 valence electrons. The van der Waals surface area contributed by atoms with Crippen molar-refractivity contribution in [1.29, 1.82) is 0 Å². The molecule has 0 radical (unpaired) electrons. The van der Waals surface area contributed by atoms with Gasteiger partial charge in [-0.1, -0.05) is 75.8 Å². The van der Waals surface area contributed by atoms with Crippen molar-refractivity contribution in [2.24, 2.45) is 11.8 Å². The molecule has 1 nitrogen and oxygen atoms in total. The second kappa shape index (κ2) is 14.1. The molecule has 0 atom stereocenters. The van der Waals surface area contributed by atoms with E-state index in [1.54, 1.807) is 12.1 Å². The van der Waals surface area contributed by atoms with Crippen molar-refractivity contribution in [3.8, 4) is 16.9 Å². The van der Waals surface area contributed by atoms with Gasteiger partial charge in [0.1, 0.15) is 6.17 Å². The monoisotopic (exact) mass is 528 g/mol. The first kappa shape index (κ1) is 29.4. The van der Waals surface area contributed by atoms with Gasteiger partial charge in [0.15, 0.2) is 11.6 Å². The Kier molecular flexibility index (Phi) is 11.2. The summed E-state index contributed by atoms with van der Waals surface area (Å²) in [5.74, 6) is 0.0744. The van der Waals surface area contributed by atoms with E-state index in [2.05, 4.69) is 11.7 Å². The Bertz CT molecular complexity index is 912. The van der Waals surface area contributed by atoms with Crippen molar-refractivity contribution in [2.75, 3.05) is 6.67 Å². The van der Waals surface area contributed by atoms with Crippen LogP contribution in [0.1, 0.15) is 89.0 Å². The van der Waals surface area contributed by atoms with Crippen molar-refractivity contribution in [3.05, 3.63) is 53.8 Å². The lowest BCUT2D eigenvalue weighted by Gasteiger charge is -2.27. The number of ether oxygens (including phenoxy) is 1. The number of alkyl halides is 5. The molecule has 2 saturated carbocycles. The summed E-state index contributed by atoms with van der Waals surface area (Å²) in [7, 11) is 0. The van der Waals surface area contributed by atoms with Gasteiger partial charge >= 0.3 is 6.36 Å². The predicted molar refractivity (Wildman–Crippen MR) is 136 cm³/mol. The van der Waals surface area contributed by atoms with E-state index in [1.807, 2.05) is 12.1 Å². The molecule has 2 aliphatic rings. The average molecular weight is 529 g/mol. The summed E-state index contributed by atoms with van der Waals surface area (Å²) in [6.07, 6.45) is 5.92. The molecule has 2 fully saturated rings. The highest BCUT2D eigenvalue weighted by Gasteiger charge is 2.32. The Morgan fingerprint density at radius 3 is 1.86 bits per heavy atom. The molecular weight excluding hydrogens is 490 g/mol. The van der Waals surface area contributed by atoms with Crippen LogP contribution >= 0.6 is 0 Å². The maximum Gasteiger partial charge on any atom is 0.573 e. The van der Waals surface area contributed by atoms with Gasteiger partial charge in [-0.25, -0.2) is 8.78 Å². The summed E-state index contributed by atoms with van der Waals surface area (Å²) < 4.78 is 79.2. The number of rotatable bonds is 7. The Morgan fingerprint density at radius 1 is 0.784 bits per heavy atom. The Balaban J connectivity index is 0.000000266. The summed E-state index contributed by atoms with van der Waals surface area (Å²) in [5, 5.41) is 0. The fourth-order valence-corrected chi connectivity index (χ4v) is 5.59. The molecule has 37 heavy (non-hydrogen) atoms. The Morgan fingerprint density at radius 2 is 1.35 bits per heavy atom. The first-order chi connectivity index (χ1) is 17.7. The van der Waals surface area contributed by atoms with E-state index in [4.69, 9.17) is 0 Å². The van der Waals surface area contributed by atoms with Gasteiger partial charge in [0.2, 0.25) is 0 Å². The molecule has 0 spiro atoms. The van der Waals surface area contributed by atoms with Crippen molar-refractivity contribution >= 4 is 0 Å². The number of hydrogen-bond donors (Lipinski definition) is 0. The van der Waals surface area contributed by atoms with E-state index in [9.17, 15) is 26.3 Å². The number of halogens is 6. The molecule has 7 heteroatoms. The van der Waals surface area contributed by atoms with Crippen molar-refractivity contribution < 1.29 is 31.1 Å². The van der Waals surface area contributed by atoms with Gasteiger partial charge < -0.3 is 4.74 Å². The van der Waals surface area contributed by atoms with E-state index >= 15 is 0 Å². The van der Waals surface area contributed by atoms with Gasteiger partial charge in [-0.15, -0.1) is 13.2 Å². The molecule has 0 aromatic heterocycles. The third-order valence-electron chi connectivity index (χ3n) is 7.71. The highest BCUT2D eigenvalue weighted by atomic mass is 19.4. The normalized spacial score (nSPS) is 24.2. The van der Waals surface area contributed by atoms with Crippen LogP contribution in [0.3, 0.4) is 0 Å². The lowest BCUT2D eigenvalue weighted by Crippen LogP contribution is -2.17. The van der Waals surface area contributed by atoms with E-state index in [1.165, 1.54) is 44.6 Å². The van der Waals surface area contributed by atoms with Crippen LogP contribution in [0.15, 0.2) is 42.5 Å². The third kappa shape index (κ3) is 9.57. The maximum atomic E-state index is 13.8. The van der Waals surface area contributed by atoms with Gasteiger partial charge in [-0.2, -0.15) is 0 Å². The van der Waals surface area contributed by atoms with Gasteiger partial charge in [0, 0.05) is 0 Å². The minimum atomic E-state index is -4.93. The third-order valence-corrected chi connectivity index (χ3v) is 7.71. The molecule has 2 aliphatic carbocycles. The molecule has 2 aromatic rings. The van der Waals surface area contributed by atoms with E-state index < -0.39 is 24.1 Å². The molecule has 0 aliphatic heterocycles. The minimum absolute atomic E-state index is 0.108. The Labute approximate surface area is 216 Å². The summed E-state index contributed by atoms with van der Waals surface area (Å²) in [5.41, 5.74) is 2.26. The van der Waals surface area contributed by atoms with Crippen molar-refractivity contribution in [3.63, 3.8) is 0 Å². The summed E-state index contributed by atoms with van der Waals surface area (Å²) in [6, 6.07) is 10.8. The lowest BCUT2D eigenvalue weighted by atomic mass is 9.79. The van der Waals surface area contributed by atoms with Crippen LogP contribution in [0, 0.1) is 17.7 Å². The molecule has 4 rings (SSSR count). The van der Waals surface area contributed by atoms with Crippen LogP contribution in [0.25, 0.3) is 11.1 Å². The second-order valence-electron chi connectivity index (χ2n) is 10.4. The van der Waals surface area contributed by atoms with Crippen LogP contribution in [-0.4, -0.2) is 19.2 Å². The number of hydrogen-bond acceptors (Lipinski definition) is 1. The summed E-state index contributed by atoms with van der Waals surface area (Å²) >= 11 is 0. The van der Waals surface area contributed by atoms with Gasteiger partial charge in [0.25, 0.3) is 0 Å². The zero-order chi connectivity index (χ0) is 26.8. The summed E-state index contributed by atoms with van der Waals surface area (Å²) in [6.45, 7) is 2.15. The first-order valence-electron chi connectivity index (χ1n) is 13.5. The smallest absolute Gasteiger partial charge is 0.403 e. The first-order valence-corrected chi connectivity index (χ1v) is 13.5. The molecule has 0 amide bonds. The quantitative estimate of drug-likeness (QED) is 0.325. The minimum Gasteiger partial charge on any atom is -0.403 e. The topological polar surface area (TPSA) is 9.23 Å². The zero-order valence-corrected chi connectivity index (χ0v) is 21.5. The maximum absolute atomic E-state index is 13.8. The van der Waals surface area contributed by atoms with Crippen LogP contribution in [-0.2, 0) is 0 Å². The fraction of sp³-hybridized carbons (Fsp3) is 0.600. The van der Waals surface area contributed by atoms with Gasteiger partial charge in [-0.05, 0) is 78.7 Å². The van der Waals surface area contributed by atoms with Crippen LogP contribution in [0.4, 0.5) is 26.3 Å². The SMILES string of the molecule is CCCC1CCC(CCF)CC1.Fc1cc(-c2ccc(C3CCC(F)CC3)cc2)ccc1OC(F)(F)F. The zero-order valence-electron chi connectivity index (χ0n) is 21.5. The molecule has 0 unspecified atom stereocenters. The van der Waals surface area contributed by atoms with Crippen molar-refractivity contribution in [1.82, 2.24) is 0 Å². The summed E-state index contributed by atoms with van der Waals surface area (Å²) in [4.78, 5) is 0. The molecular formula is C30H38F6O. The second-order valence-corrected chi connectivity index (χ2v) is 10.4. The fourth-order valence-electron chi connectivity index (χ4n) is 5.59. The largest absolute Gasteiger partial charge is 0.573 e. The van der Waals surface area contributed by atoms with Crippen LogP contribution in [0.2, 0.25) is 0 Å². The standard InChI is InChI=1S/C19H17F5O.C11H21F/c20-16-8-5-13(6-9-16)12-1-3-14(4-2-12)15-7-10-18(17(21)11-15)25-19(22,23)24;1-2-3-10-4-6-11(7-5-10)8-9-12/h1-4,7,10-11,13,16H,5-6,8-9H2;10-11H,2-9H2,1H3. The van der Waals surface area contributed by atoms with Crippen LogP contribution in [0.5, 0.6) is 5.75 Å². The Hall–Kier alpha value is -2.18. The average Bonchev–Trinajstić information content (AvgIpc) is 2.87. The molecule has 2 aromatic carbocycles. The van der Waals surface area contributed by atoms with E-state index in [0.29, 0.717) is 35.8 Å². The van der Waals surface area contributed by atoms with E-state index in [0.717, 1.165) is 42.9 Å². The molecule has 0 heterocycles. The van der Waals surface area contributed by atoms with E-state index in [-0.39, 0.29) is 6.67 Å². The number of benzene rings is 2. The molecule has 0 saturated heterocycles. The van der Waals surface area contributed by atoms with Gasteiger partial charge in [0.05, 0.1) is 6.67 Å². The lowest BCUT2D eigenvalue weighted by molar-refractivity contribution is -0.275. The van der Waals surface area contributed by atoms with Crippen LogP contribution < -0.4 is 4.74 Å². The molecule has 0 bridgehead atoms. The van der Waals surface area contributed by atoms with Crippen molar-refractivity contribution in [2.45, 2.75) is 96.0 Å². The highest BCUT2D eigenvalue weighted by molar-refractivity contribution is 5.64. The predicted octanol–water partition coefficient (Wildman–Crippen LogP) is 10.3. The highest BCUT2D eigenvalue weighted by Crippen LogP contribution is 2.36. The van der Waals surface area contributed by atoms with Gasteiger partial charge in [-0.3, -0.25) is 4.39 Å².